The lowest BCUT2D eigenvalue weighted by molar-refractivity contribution is -0.384. The van der Waals surface area contributed by atoms with Gasteiger partial charge in [-0.3, -0.25) is 20.2 Å². The van der Waals surface area contributed by atoms with E-state index in [9.17, 15) is 32.5 Å². The minimum atomic E-state index is -1.93. The first-order valence-corrected chi connectivity index (χ1v) is 7.82. The molecule has 0 spiro atoms. The van der Waals surface area contributed by atoms with Crippen molar-refractivity contribution >= 4 is 38.3 Å². The van der Waals surface area contributed by atoms with Gasteiger partial charge < -0.3 is 4.74 Å². The number of hydrogen-bond acceptors (Lipinski definition) is 6. The summed E-state index contributed by atoms with van der Waals surface area (Å²) < 4.78 is 59.9. The molecule has 1 aromatic heterocycles. The van der Waals surface area contributed by atoms with Crippen LogP contribution >= 0.6 is 11.3 Å². The van der Waals surface area contributed by atoms with Crippen LogP contribution in [0.15, 0.2) is 18.2 Å². The van der Waals surface area contributed by atoms with Gasteiger partial charge in [-0.2, -0.15) is 8.78 Å². The van der Waals surface area contributed by atoms with E-state index in [2.05, 4.69) is 9.72 Å². The van der Waals surface area contributed by atoms with Crippen LogP contribution in [0.2, 0.25) is 0 Å². The van der Waals surface area contributed by atoms with E-state index in [4.69, 9.17) is 0 Å². The monoisotopic (exact) mass is 401 g/mol. The Morgan fingerprint density at radius 2 is 1.81 bits per heavy atom. The smallest absolute Gasteiger partial charge is 0.270 e. The molecule has 0 fully saturated rings. The van der Waals surface area contributed by atoms with E-state index >= 15 is 0 Å². The number of benzene rings is 2. The van der Waals surface area contributed by atoms with Crippen LogP contribution in [0.3, 0.4) is 0 Å². The quantitative estimate of drug-likeness (QED) is 0.308. The SMILES string of the molecule is COc1c(F)c(F)c(C(=O)Nc2nc3ccc([N+](=O)[O-])cc3s2)c(F)c1F. The number of non-ortho nitro benzene ring substituents is 1. The van der Waals surface area contributed by atoms with Crippen molar-refractivity contribution in [1.82, 2.24) is 4.98 Å². The van der Waals surface area contributed by atoms with Crippen LogP contribution in [0.1, 0.15) is 10.4 Å². The summed E-state index contributed by atoms with van der Waals surface area (Å²) in [4.78, 5) is 26.2. The molecule has 0 saturated carbocycles. The molecule has 0 bridgehead atoms. The number of carbonyl (C=O) groups is 1. The first-order valence-electron chi connectivity index (χ1n) is 7.00. The zero-order chi connectivity index (χ0) is 19.9. The topological polar surface area (TPSA) is 94.4 Å². The van der Waals surface area contributed by atoms with Gasteiger partial charge in [0.05, 0.1) is 22.2 Å². The third-order valence-corrected chi connectivity index (χ3v) is 4.39. The first-order chi connectivity index (χ1) is 12.7. The summed E-state index contributed by atoms with van der Waals surface area (Å²) in [6, 6.07) is 3.69. The number of nitrogens with zero attached hydrogens (tertiary/aromatic N) is 2. The zero-order valence-electron chi connectivity index (χ0n) is 13.2. The molecule has 27 heavy (non-hydrogen) atoms. The van der Waals surface area contributed by atoms with Crippen molar-refractivity contribution in [3.63, 3.8) is 0 Å². The molecule has 1 N–H and O–H groups in total. The van der Waals surface area contributed by atoms with E-state index in [0.29, 0.717) is 4.70 Å². The van der Waals surface area contributed by atoms with E-state index < -0.39 is 45.4 Å². The first kappa shape index (κ1) is 18.5. The second-order valence-electron chi connectivity index (χ2n) is 5.05. The minimum absolute atomic E-state index is 0.175. The highest BCUT2D eigenvalue weighted by Gasteiger charge is 2.30. The van der Waals surface area contributed by atoms with Gasteiger partial charge in [0.2, 0.25) is 11.6 Å². The average Bonchev–Trinajstić information content (AvgIpc) is 3.02. The summed E-state index contributed by atoms with van der Waals surface area (Å²) >= 11 is 0.775. The molecule has 3 aromatic rings. The number of nitro groups is 1. The number of ether oxygens (including phenoxy) is 1. The molecule has 0 saturated heterocycles. The number of methoxy groups -OCH3 is 1. The number of rotatable bonds is 4. The second kappa shape index (κ2) is 6.79. The van der Waals surface area contributed by atoms with Gasteiger partial charge in [0.15, 0.2) is 22.5 Å². The molecule has 0 atom stereocenters. The number of hydrogen-bond donors (Lipinski definition) is 1. The van der Waals surface area contributed by atoms with Crippen molar-refractivity contribution in [2.75, 3.05) is 12.4 Å². The third-order valence-electron chi connectivity index (χ3n) is 3.46. The van der Waals surface area contributed by atoms with Crippen molar-refractivity contribution in [2.45, 2.75) is 0 Å². The average molecular weight is 401 g/mol. The van der Waals surface area contributed by atoms with E-state index in [0.717, 1.165) is 18.4 Å². The van der Waals surface area contributed by atoms with Crippen LogP contribution in [0.25, 0.3) is 10.2 Å². The Hall–Kier alpha value is -3.28. The van der Waals surface area contributed by atoms with Crippen LogP contribution in [0, 0.1) is 33.4 Å². The number of fused-ring (bicyclic) bond motifs is 1. The van der Waals surface area contributed by atoms with Gasteiger partial charge in [-0.15, -0.1) is 0 Å². The van der Waals surface area contributed by atoms with E-state index in [1.54, 1.807) is 0 Å². The molecule has 7 nitrogen and oxygen atoms in total. The maximum Gasteiger partial charge on any atom is 0.270 e. The predicted molar refractivity (Wildman–Crippen MR) is 87.1 cm³/mol. The molecule has 0 radical (unpaired) electrons. The normalized spacial score (nSPS) is 10.9. The highest BCUT2D eigenvalue weighted by atomic mass is 32.1. The highest BCUT2D eigenvalue weighted by molar-refractivity contribution is 7.22. The van der Waals surface area contributed by atoms with Gasteiger partial charge in [0.25, 0.3) is 11.6 Å². The van der Waals surface area contributed by atoms with Gasteiger partial charge >= 0.3 is 0 Å². The summed E-state index contributed by atoms with van der Waals surface area (Å²) in [6.45, 7) is 0. The van der Waals surface area contributed by atoms with E-state index in [-0.39, 0.29) is 16.3 Å². The number of carbonyl (C=O) groups excluding carboxylic acids is 1. The Kier molecular flexibility index (Phi) is 4.66. The maximum absolute atomic E-state index is 14.0. The van der Waals surface area contributed by atoms with Crippen LogP contribution in [-0.4, -0.2) is 22.9 Å². The second-order valence-corrected chi connectivity index (χ2v) is 6.08. The number of anilines is 1. The number of amides is 1. The Morgan fingerprint density at radius 3 is 2.37 bits per heavy atom. The number of halogens is 4. The van der Waals surface area contributed by atoms with Crippen LogP contribution in [-0.2, 0) is 0 Å². The van der Waals surface area contributed by atoms with Crippen molar-refractivity contribution in [1.29, 1.82) is 0 Å². The summed E-state index contributed by atoms with van der Waals surface area (Å²) in [7, 11) is 0.806. The molecule has 0 aliphatic heterocycles. The largest absolute Gasteiger partial charge is 0.491 e. The fraction of sp³-hybridized carbons (Fsp3) is 0.0667. The van der Waals surface area contributed by atoms with Gasteiger partial charge in [0, 0.05) is 12.1 Å². The fourth-order valence-corrected chi connectivity index (χ4v) is 3.12. The Morgan fingerprint density at radius 1 is 1.19 bits per heavy atom. The van der Waals surface area contributed by atoms with Gasteiger partial charge in [-0.05, 0) is 6.07 Å². The molecule has 0 aliphatic rings. The maximum atomic E-state index is 14.0. The number of aromatic nitrogens is 1. The zero-order valence-corrected chi connectivity index (χ0v) is 14.0. The van der Waals surface area contributed by atoms with Gasteiger partial charge in [0.1, 0.15) is 5.56 Å². The molecule has 1 amide bonds. The molecular formula is C15H7F4N3O4S. The van der Waals surface area contributed by atoms with Crippen molar-refractivity contribution in [3.05, 3.63) is 57.1 Å². The standard InChI is InChI=1S/C15H7F4N3O4S/c1-26-13-11(18)9(16)8(10(17)12(13)19)14(23)21-15-20-6-3-2-5(22(24)25)4-7(6)27-15/h2-4H,1H3,(H,20,21,23). The van der Waals surface area contributed by atoms with Gasteiger partial charge in [-0.25, -0.2) is 13.8 Å². The molecule has 3 rings (SSSR count). The third kappa shape index (κ3) is 3.14. The molecule has 1 heterocycles. The van der Waals surface area contributed by atoms with Crippen molar-refractivity contribution in [3.8, 4) is 5.75 Å². The Bertz CT molecular complexity index is 1070. The molecule has 2 aromatic carbocycles. The van der Waals surface area contributed by atoms with Crippen LogP contribution in [0.5, 0.6) is 5.75 Å². The lowest BCUT2D eigenvalue weighted by Crippen LogP contribution is -2.18. The lowest BCUT2D eigenvalue weighted by atomic mass is 10.1. The minimum Gasteiger partial charge on any atom is -0.491 e. The molecule has 0 aliphatic carbocycles. The summed E-state index contributed by atoms with van der Waals surface area (Å²) in [6.07, 6.45) is 0. The van der Waals surface area contributed by atoms with E-state index in [1.165, 1.54) is 18.2 Å². The Labute approximate surface area is 151 Å². The molecule has 12 heteroatoms. The summed E-state index contributed by atoms with van der Waals surface area (Å²) in [5.41, 5.74) is -1.44. The summed E-state index contributed by atoms with van der Waals surface area (Å²) in [5, 5.41) is 12.6. The highest BCUT2D eigenvalue weighted by Crippen LogP contribution is 2.32. The van der Waals surface area contributed by atoms with Crippen molar-refractivity contribution in [2.24, 2.45) is 0 Å². The molecular weight excluding hydrogens is 394 g/mol. The van der Waals surface area contributed by atoms with Crippen LogP contribution in [0.4, 0.5) is 28.4 Å². The van der Waals surface area contributed by atoms with E-state index in [1.807, 2.05) is 5.32 Å². The molecule has 0 unspecified atom stereocenters. The van der Waals surface area contributed by atoms with Gasteiger partial charge in [-0.1, -0.05) is 11.3 Å². The summed E-state index contributed by atoms with van der Waals surface area (Å²) in [5.74, 6) is -10.4. The Balaban J connectivity index is 1.99. The fourth-order valence-electron chi connectivity index (χ4n) is 2.23. The predicted octanol–water partition coefficient (Wildman–Crippen LogP) is 4.02. The number of thiazole rings is 1. The number of nitro benzene ring substituents is 1. The number of nitrogens with one attached hydrogen (secondary N) is 1. The van der Waals surface area contributed by atoms with Crippen LogP contribution < -0.4 is 10.1 Å². The lowest BCUT2D eigenvalue weighted by Gasteiger charge is -2.10. The molecule has 140 valence electrons. The van der Waals surface area contributed by atoms with Crippen molar-refractivity contribution < 1.29 is 32.0 Å².